The molecule has 2 aliphatic rings. The zero-order valence-electron chi connectivity index (χ0n) is 18.0. The van der Waals surface area contributed by atoms with Crippen LogP contribution in [-0.4, -0.2) is 76.0 Å². The van der Waals surface area contributed by atoms with E-state index in [1.54, 1.807) is 19.9 Å². The largest absolute Gasteiger partial charge is 0.507 e. The highest BCUT2D eigenvalue weighted by molar-refractivity contribution is 6.46. The van der Waals surface area contributed by atoms with Gasteiger partial charge in [0.2, 0.25) is 0 Å². The molecule has 1 amide bonds. The number of halogens is 1. The van der Waals surface area contributed by atoms with Gasteiger partial charge >= 0.3 is 0 Å². The van der Waals surface area contributed by atoms with Crippen LogP contribution in [0.5, 0.6) is 0 Å². The molecule has 1 unspecified atom stereocenters. The van der Waals surface area contributed by atoms with Gasteiger partial charge in [0.1, 0.15) is 17.4 Å². The lowest BCUT2D eigenvalue weighted by Crippen LogP contribution is -2.42. The fraction of sp³-hybridized carbons (Fsp3) is 0.391. The number of aliphatic hydroxyl groups excluding tert-OH is 1. The molecule has 9 heteroatoms. The zero-order valence-corrected chi connectivity index (χ0v) is 18.0. The summed E-state index contributed by atoms with van der Waals surface area (Å²) in [4.78, 5) is 37.9. The molecule has 0 radical (unpaired) electrons. The van der Waals surface area contributed by atoms with Gasteiger partial charge in [-0.3, -0.25) is 14.5 Å². The number of Topliss-reactive ketones (excluding diaryl/α,β-unsaturated/α-hetero) is 1. The quantitative estimate of drug-likeness (QED) is 0.432. The average molecular weight is 440 g/mol. The number of ketones is 1. The molecule has 2 aromatic rings. The first-order valence-corrected chi connectivity index (χ1v) is 10.5. The Morgan fingerprint density at radius 3 is 2.66 bits per heavy atom. The molecule has 32 heavy (non-hydrogen) atoms. The molecule has 1 aromatic heterocycles. The van der Waals surface area contributed by atoms with Crippen molar-refractivity contribution < 1.29 is 23.8 Å². The second-order valence-electron chi connectivity index (χ2n) is 7.92. The molecule has 0 bridgehead atoms. The molecule has 3 heterocycles. The van der Waals surface area contributed by atoms with Crippen LogP contribution in [0.4, 0.5) is 4.39 Å². The molecule has 1 atom stereocenters. The van der Waals surface area contributed by atoms with E-state index in [9.17, 15) is 19.1 Å². The van der Waals surface area contributed by atoms with Gasteiger partial charge in [0, 0.05) is 32.4 Å². The van der Waals surface area contributed by atoms with E-state index in [0.29, 0.717) is 36.8 Å². The first kappa shape index (κ1) is 22.0. The summed E-state index contributed by atoms with van der Waals surface area (Å²) in [7, 11) is 0. The first-order chi connectivity index (χ1) is 15.4. The van der Waals surface area contributed by atoms with Gasteiger partial charge in [0.05, 0.1) is 36.1 Å². The number of amides is 1. The van der Waals surface area contributed by atoms with Crippen molar-refractivity contribution >= 4 is 17.4 Å². The van der Waals surface area contributed by atoms with E-state index in [0.717, 1.165) is 13.1 Å². The van der Waals surface area contributed by atoms with Crippen molar-refractivity contribution in [2.45, 2.75) is 19.9 Å². The number of carbonyl (C=O) groups excluding carboxylic acids is 2. The number of benzene rings is 1. The Morgan fingerprint density at radius 1 is 1.22 bits per heavy atom. The first-order valence-electron chi connectivity index (χ1n) is 10.5. The van der Waals surface area contributed by atoms with Crippen LogP contribution < -0.4 is 0 Å². The third-order valence-electron chi connectivity index (χ3n) is 5.82. The van der Waals surface area contributed by atoms with Crippen LogP contribution in [0.3, 0.4) is 0 Å². The molecule has 1 aromatic carbocycles. The van der Waals surface area contributed by atoms with Gasteiger partial charge in [-0.15, -0.1) is 0 Å². The number of hydrogen-bond acceptors (Lipinski definition) is 7. The van der Waals surface area contributed by atoms with Gasteiger partial charge in [0.25, 0.3) is 11.7 Å². The molecule has 168 valence electrons. The highest BCUT2D eigenvalue weighted by atomic mass is 19.1. The summed E-state index contributed by atoms with van der Waals surface area (Å²) < 4.78 is 19.4. The third kappa shape index (κ3) is 4.26. The van der Waals surface area contributed by atoms with Crippen molar-refractivity contribution in [3.05, 3.63) is 64.5 Å². The van der Waals surface area contributed by atoms with Gasteiger partial charge < -0.3 is 14.7 Å². The zero-order chi connectivity index (χ0) is 22.8. The summed E-state index contributed by atoms with van der Waals surface area (Å²) in [6.07, 6.45) is 1.43. The molecule has 2 aliphatic heterocycles. The van der Waals surface area contributed by atoms with E-state index in [2.05, 4.69) is 14.9 Å². The topological polar surface area (TPSA) is 95.9 Å². The molecule has 1 N–H and O–H groups in total. The SMILES string of the molecule is Cc1ncc(C(O)=C2C(=O)C(=O)N(CCN3CCOCC3)C2c2cccc(F)c2)c(C)n1. The van der Waals surface area contributed by atoms with Crippen LogP contribution in [0.2, 0.25) is 0 Å². The molecule has 8 nitrogen and oxygen atoms in total. The molecule has 0 saturated carbocycles. The smallest absolute Gasteiger partial charge is 0.295 e. The van der Waals surface area contributed by atoms with Crippen LogP contribution >= 0.6 is 0 Å². The number of aromatic nitrogens is 2. The number of ether oxygens (including phenoxy) is 1. The molecule has 0 spiro atoms. The summed E-state index contributed by atoms with van der Waals surface area (Å²) in [5.41, 5.74) is 1.08. The van der Waals surface area contributed by atoms with Gasteiger partial charge in [-0.1, -0.05) is 12.1 Å². The number of aryl methyl sites for hydroxylation is 2. The van der Waals surface area contributed by atoms with Crippen molar-refractivity contribution in [2.24, 2.45) is 0 Å². The van der Waals surface area contributed by atoms with Gasteiger partial charge in [-0.25, -0.2) is 14.4 Å². The predicted octanol–water partition coefficient (Wildman–Crippen LogP) is 1.99. The standard InChI is InChI=1S/C23H25FN4O4/c1-14-18(13-25-15(2)26-14)21(29)19-20(16-4-3-5-17(24)12-16)28(23(31)22(19)30)7-6-27-8-10-32-11-9-27/h3-5,12-13,20,29H,6-11H2,1-2H3. The Bertz CT molecular complexity index is 1080. The number of morpholine rings is 1. The molecule has 2 fully saturated rings. The fourth-order valence-electron chi connectivity index (χ4n) is 4.17. The fourth-order valence-corrected chi connectivity index (χ4v) is 4.17. The minimum absolute atomic E-state index is 0.0851. The Morgan fingerprint density at radius 2 is 1.97 bits per heavy atom. The number of hydrogen-bond donors (Lipinski definition) is 1. The van der Waals surface area contributed by atoms with Gasteiger partial charge in [-0.05, 0) is 31.5 Å². The van der Waals surface area contributed by atoms with Crippen LogP contribution in [0.15, 0.2) is 36.0 Å². The van der Waals surface area contributed by atoms with Crippen molar-refractivity contribution in [2.75, 3.05) is 39.4 Å². The maximum atomic E-state index is 14.1. The lowest BCUT2D eigenvalue weighted by molar-refractivity contribution is -0.140. The molecular weight excluding hydrogens is 415 g/mol. The van der Waals surface area contributed by atoms with Crippen LogP contribution in [0, 0.1) is 19.7 Å². The highest BCUT2D eigenvalue weighted by Crippen LogP contribution is 2.39. The van der Waals surface area contributed by atoms with E-state index in [-0.39, 0.29) is 23.4 Å². The summed E-state index contributed by atoms with van der Waals surface area (Å²) in [6, 6.07) is 4.83. The highest BCUT2D eigenvalue weighted by Gasteiger charge is 2.46. The van der Waals surface area contributed by atoms with E-state index < -0.39 is 23.5 Å². The second kappa shape index (κ2) is 9.13. The summed E-state index contributed by atoms with van der Waals surface area (Å²) in [6.45, 7) is 6.88. The van der Waals surface area contributed by atoms with E-state index in [1.807, 2.05) is 0 Å². The lowest BCUT2D eigenvalue weighted by atomic mass is 9.95. The maximum absolute atomic E-state index is 14.1. The molecule has 0 aliphatic carbocycles. The van der Waals surface area contributed by atoms with Gasteiger partial charge in [-0.2, -0.15) is 0 Å². The summed E-state index contributed by atoms with van der Waals surface area (Å²) in [5.74, 6) is -1.86. The lowest BCUT2D eigenvalue weighted by Gasteiger charge is -2.31. The maximum Gasteiger partial charge on any atom is 0.295 e. The molecule has 4 rings (SSSR count). The monoisotopic (exact) mass is 440 g/mol. The van der Waals surface area contributed by atoms with E-state index in [4.69, 9.17) is 4.74 Å². The van der Waals surface area contributed by atoms with Gasteiger partial charge in [0.15, 0.2) is 0 Å². The Hall–Kier alpha value is -3.17. The minimum atomic E-state index is -0.910. The normalized spacial score (nSPS) is 21.3. The van der Waals surface area contributed by atoms with Crippen molar-refractivity contribution in [3.8, 4) is 0 Å². The van der Waals surface area contributed by atoms with E-state index >= 15 is 0 Å². The molecular formula is C23H25FN4O4. The minimum Gasteiger partial charge on any atom is -0.507 e. The van der Waals surface area contributed by atoms with Crippen molar-refractivity contribution in [3.63, 3.8) is 0 Å². The van der Waals surface area contributed by atoms with Crippen LogP contribution in [0.25, 0.3) is 5.76 Å². The third-order valence-corrected chi connectivity index (χ3v) is 5.82. The number of carbonyl (C=O) groups is 2. The average Bonchev–Trinajstić information content (AvgIpc) is 3.03. The Kier molecular flexibility index (Phi) is 6.29. The van der Waals surface area contributed by atoms with E-state index in [1.165, 1.54) is 29.3 Å². The number of nitrogens with zero attached hydrogens (tertiary/aromatic N) is 4. The number of rotatable bonds is 5. The Labute approximate surface area is 185 Å². The Balaban J connectivity index is 1.77. The molecule has 2 saturated heterocycles. The second-order valence-corrected chi connectivity index (χ2v) is 7.92. The van der Waals surface area contributed by atoms with Crippen molar-refractivity contribution in [1.29, 1.82) is 0 Å². The summed E-state index contributed by atoms with van der Waals surface area (Å²) >= 11 is 0. The number of aliphatic hydroxyl groups is 1. The number of likely N-dealkylation sites (tertiary alicyclic amines) is 1. The van der Waals surface area contributed by atoms with Crippen molar-refractivity contribution in [1.82, 2.24) is 19.8 Å². The van der Waals surface area contributed by atoms with Crippen LogP contribution in [0.1, 0.15) is 28.7 Å². The summed E-state index contributed by atoms with van der Waals surface area (Å²) in [5, 5.41) is 11.1. The van der Waals surface area contributed by atoms with Crippen LogP contribution in [-0.2, 0) is 14.3 Å². The predicted molar refractivity (Wildman–Crippen MR) is 114 cm³/mol.